The molecule has 0 spiro atoms. The van der Waals surface area contributed by atoms with E-state index in [1.807, 2.05) is 79.7 Å². The third kappa shape index (κ3) is 2.94. The Labute approximate surface area is 146 Å². The minimum Gasteiger partial charge on any atom is -0.453 e. The molecule has 124 valence electrons. The van der Waals surface area contributed by atoms with E-state index in [2.05, 4.69) is 0 Å². The molecule has 0 bridgehead atoms. The van der Waals surface area contributed by atoms with Crippen molar-refractivity contribution in [3.63, 3.8) is 0 Å². The molecule has 1 aliphatic rings. The van der Waals surface area contributed by atoms with E-state index in [9.17, 15) is 4.79 Å². The van der Waals surface area contributed by atoms with Crippen molar-refractivity contribution in [1.82, 2.24) is 0 Å². The zero-order chi connectivity index (χ0) is 17.2. The summed E-state index contributed by atoms with van der Waals surface area (Å²) in [5, 5.41) is 0. The van der Waals surface area contributed by atoms with E-state index in [1.54, 1.807) is 4.90 Å². The highest BCUT2D eigenvalue weighted by Crippen LogP contribution is 2.47. The summed E-state index contributed by atoms with van der Waals surface area (Å²) in [4.78, 5) is 14.4. The van der Waals surface area contributed by atoms with Crippen LogP contribution in [-0.2, 0) is 11.3 Å². The molecule has 0 radical (unpaired) electrons. The summed E-state index contributed by atoms with van der Waals surface area (Å²) in [6, 6.07) is 22.8. The first-order chi connectivity index (χ1) is 12.2. The highest BCUT2D eigenvalue weighted by molar-refractivity contribution is 6.00. The number of ether oxygens (including phenoxy) is 2. The third-order valence-electron chi connectivity index (χ3n) is 4.07. The summed E-state index contributed by atoms with van der Waals surface area (Å²) in [7, 11) is 0. The topological polar surface area (TPSA) is 38.8 Å². The van der Waals surface area contributed by atoms with Crippen molar-refractivity contribution in [1.29, 1.82) is 0 Å². The van der Waals surface area contributed by atoms with Crippen LogP contribution >= 0.6 is 0 Å². The number of hydrogen-bond acceptors (Lipinski definition) is 3. The van der Waals surface area contributed by atoms with Crippen molar-refractivity contribution in [3.05, 3.63) is 83.9 Å². The van der Waals surface area contributed by atoms with Crippen LogP contribution in [0.4, 0.5) is 16.2 Å². The van der Waals surface area contributed by atoms with E-state index in [4.69, 9.17) is 9.47 Å². The molecule has 0 fully saturated rings. The normalized spacial score (nSPS) is 12.0. The molecule has 0 saturated carbocycles. The van der Waals surface area contributed by atoms with Gasteiger partial charge < -0.3 is 9.47 Å². The van der Waals surface area contributed by atoms with Crippen molar-refractivity contribution in [3.8, 4) is 11.5 Å². The van der Waals surface area contributed by atoms with Crippen LogP contribution in [-0.4, -0.2) is 6.09 Å². The predicted octanol–water partition coefficient (Wildman–Crippen LogP) is 5.58. The van der Waals surface area contributed by atoms with Gasteiger partial charge in [-0.05, 0) is 42.3 Å². The molecule has 0 atom stereocenters. The van der Waals surface area contributed by atoms with E-state index in [-0.39, 0.29) is 6.61 Å². The van der Waals surface area contributed by atoms with Gasteiger partial charge >= 0.3 is 6.09 Å². The number of benzene rings is 3. The molecule has 0 unspecified atom stereocenters. The first-order valence-corrected chi connectivity index (χ1v) is 8.11. The van der Waals surface area contributed by atoms with Gasteiger partial charge in [0, 0.05) is 0 Å². The molecule has 4 heteroatoms. The number of para-hydroxylation sites is 2. The Morgan fingerprint density at radius 1 is 0.920 bits per heavy atom. The molecule has 3 aromatic carbocycles. The smallest absolute Gasteiger partial charge is 0.419 e. The molecule has 1 aliphatic heterocycles. The lowest BCUT2D eigenvalue weighted by Crippen LogP contribution is -2.29. The van der Waals surface area contributed by atoms with Crippen LogP contribution in [0.1, 0.15) is 11.1 Å². The second-order valence-electron chi connectivity index (χ2n) is 5.92. The summed E-state index contributed by atoms with van der Waals surface area (Å²) in [5.74, 6) is 1.28. The highest BCUT2D eigenvalue weighted by Gasteiger charge is 2.30. The number of carbonyl (C=O) groups excluding carboxylic acids is 1. The molecule has 3 aromatic rings. The van der Waals surface area contributed by atoms with Crippen molar-refractivity contribution in [2.75, 3.05) is 4.90 Å². The Morgan fingerprint density at radius 3 is 2.48 bits per heavy atom. The van der Waals surface area contributed by atoms with E-state index in [0.29, 0.717) is 22.9 Å². The maximum Gasteiger partial charge on any atom is 0.419 e. The van der Waals surface area contributed by atoms with Crippen molar-refractivity contribution < 1.29 is 14.3 Å². The largest absolute Gasteiger partial charge is 0.453 e. The molecule has 4 nitrogen and oxygen atoms in total. The fourth-order valence-electron chi connectivity index (χ4n) is 2.84. The third-order valence-corrected chi connectivity index (χ3v) is 4.07. The van der Waals surface area contributed by atoms with Gasteiger partial charge in [0.1, 0.15) is 6.61 Å². The van der Waals surface area contributed by atoms with Crippen molar-refractivity contribution >= 4 is 17.5 Å². The molecule has 25 heavy (non-hydrogen) atoms. The first-order valence-electron chi connectivity index (χ1n) is 8.11. The number of amides is 1. The van der Waals surface area contributed by atoms with Crippen LogP contribution < -0.4 is 9.64 Å². The lowest BCUT2D eigenvalue weighted by Gasteiger charge is -2.30. The minimum atomic E-state index is -0.426. The SMILES string of the molecule is Cc1ccc2c(c1)Oc1ccccc1N2C(=O)OCc1ccccc1. The number of carbonyl (C=O) groups is 1. The molecule has 1 heterocycles. The van der Waals surface area contributed by atoms with Gasteiger partial charge in [-0.2, -0.15) is 0 Å². The maximum absolute atomic E-state index is 12.8. The minimum absolute atomic E-state index is 0.223. The van der Waals surface area contributed by atoms with Gasteiger partial charge in [-0.25, -0.2) is 9.69 Å². The zero-order valence-corrected chi connectivity index (χ0v) is 13.8. The van der Waals surface area contributed by atoms with E-state index < -0.39 is 6.09 Å². The first kappa shape index (κ1) is 15.3. The molecule has 0 aliphatic carbocycles. The molecule has 4 rings (SSSR count). The monoisotopic (exact) mass is 331 g/mol. The Kier molecular flexibility index (Phi) is 3.86. The molecular weight excluding hydrogens is 314 g/mol. The number of rotatable bonds is 2. The summed E-state index contributed by atoms with van der Waals surface area (Å²) in [6.45, 7) is 2.21. The average Bonchev–Trinajstić information content (AvgIpc) is 2.65. The predicted molar refractivity (Wildman–Crippen MR) is 96.5 cm³/mol. The lowest BCUT2D eigenvalue weighted by atomic mass is 10.1. The number of aryl methyl sites for hydroxylation is 1. The fraction of sp³-hybridized carbons (Fsp3) is 0.0952. The van der Waals surface area contributed by atoms with Gasteiger partial charge in [0.15, 0.2) is 11.5 Å². The summed E-state index contributed by atoms with van der Waals surface area (Å²) in [6.07, 6.45) is -0.426. The van der Waals surface area contributed by atoms with E-state index in [0.717, 1.165) is 11.1 Å². The number of fused-ring (bicyclic) bond motifs is 2. The van der Waals surface area contributed by atoms with Crippen molar-refractivity contribution in [2.24, 2.45) is 0 Å². The Hall–Kier alpha value is -3.27. The average molecular weight is 331 g/mol. The van der Waals surface area contributed by atoms with Gasteiger partial charge in [0.05, 0.1) is 11.4 Å². The molecule has 0 aromatic heterocycles. The number of hydrogen-bond donors (Lipinski definition) is 0. The Bertz CT molecular complexity index is 921. The van der Waals surface area contributed by atoms with Gasteiger partial charge in [0.25, 0.3) is 0 Å². The lowest BCUT2D eigenvalue weighted by molar-refractivity contribution is 0.149. The van der Waals surface area contributed by atoms with Gasteiger partial charge in [0.2, 0.25) is 0 Å². The van der Waals surface area contributed by atoms with Crippen LogP contribution in [0.2, 0.25) is 0 Å². The Morgan fingerprint density at radius 2 is 1.64 bits per heavy atom. The van der Waals surface area contributed by atoms with Gasteiger partial charge in [-0.15, -0.1) is 0 Å². The summed E-state index contributed by atoms with van der Waals surface area (Å²) >= 11 is 0. The van der Waals surface area contributed by atoms with Crippen LogP contribution in [0.15, 0.2) is 72.8 Å². The van der Waals surface area contributed by atoms with Crippen LogP contribution in [0, 0.1) is 6.92 Å². The number of nitrogens with zero attached hydrogens (tertiary/aromatic N) is 1. The van der Waals surface area contributed by atoms with Gasteiger partial charge in [-0.1, -0.05) is 48.5 Å². The summed E-state index contributed by atoms with van der Waals surface area (Å²) < 4.78 is 11.5. The molecular formula is C21H17NO3. The molecule has 0 N–H and O–H groups in total. The molecule has 1 amide bonds. The van der Waals surface area contributed by atoms with Crippen LogP contribution in [0.5, 0.6) is 11.5 Å². The zero-order valence-electron chi connectivity index (χ0n) is 13.8. The second-order valence-corrected chi connectivity index (χ2v) is 5.92. The molecule has 0 saturated heterocycles. The quantitative estimate of drug-likeness (QED) is 0.615. The fourth-order valence-corrected chi connectivity index (χ4v) is 2.84. The van der Waals surface area contributed by atoms with Gasteiger partial charge in [-0.3, -0.25) is 0 Å². The van der Waals surface area contributed by atoms with E-state index >= 15 is 0 Å². The maximum atomic E-state index is 12.8. The highest BCUT2D eigenvalue weighted by atomic mass is 16.6. The Balaban J connectivity index is 1.67. The van der Waals surface area contributed by atoms with Crippen LogP contribution in [0.25, 0.3) is 0 Å². The van der Waals surface area contributed by atoms with Crippen molar-refractivity contribution in [2.45, 2.75) is 13.5 Å². The van der Waals surface area contributed by atoms with E-state index in [1.165, 1.54) is 0 Å². The van der Waals surface area contributed by atoms with Crippen LogP contribution in [0.3, 0.4) is 0 Å². The number of anilines is 2. The standard InChI is InChI=1S/C21H17NO3/c1-15-11-12-18-20(13-15)25-19-10-6-5-9-17(19)22(18)21(23)24-14-16-7-3-2-4-8-16/h2-13H,14H2,1H3. The second kappa shape index (κ2) is 6.32. The summed E-state index contributed by atoms with van der Waals surface area (Å²) in [5.41, 5.74) is 3.37.